The van der Waals surface area contributed by atoms with E-state index in [0.717, 1.165) is 22.2 Å². The average Bonchev–Trinajstić information content (AvgIpc) is 2.74. The van der Waals surface area contributed by atoms with Crippen molar-refractivity contribution in [3.05, 3.63) is 70.4 Å². The molecule has 0 N–H and O–H groups in total. The molecular formula is C15H11BrO. The SMILES string of the molecule is Brc1ccc(Cc2cc3ccccc3o2)cc1. The molecule has 3 aromatic rings. The second kappa shape index (κ2) is 4.38. The van der Waals surface area contributed by atoms with Crippen LogP contribution < -0.4 is 0 Å². The number of rotatable bonds is 2. The van der Waals surface area contributed by atoms with Crippen LogP contribution >= 0.6 is 15.9 Å². The zero-order chi connectivity index (χ0) is 11.7. The van der Waals surface area contributed by atoms with E-state index >= 15 is 0 Å². The van der Waals surface area contributed by atoms with Crippen molar-refractivity contribution in [2.75, 3.05) is 0 Å². The summed E-state index contributed by atoms with van der Waals surface area (Å²) < 4.78 is 6.89. The lowest BCUT2D eigenvalue weighted by molar-refractivity contribution is 0.563. The average molecular weight is 287 g/mol. The minimum absolute atomic E-state index is 0.835. The fourth-order valence-corrected chi connectivity index (χ4v) is 2.19. The Kier molecular flexibility index (Phi) is 2.73. The van der Waals surface area contributed by atoms with E-state index in [9.17, 15) is 0 Å². The van der Waals surface area contributed by atoms with Gasteiger partial charge in [-0.3, -0.25) is 0 Å². The van der Waals surface area contributed by atoms with E-state index in [1.807, 2.05) is 18.2 Å². The van der Waals surface area contributed by atoms with E-state index in [0.29, 0.717) is 0 Å². The first-order valence-electron chi connectivity index (χ1n) is 5.53. The number of benzene rings is 2. The van der Waals surface area contributed by atoms with Gasteiger partial charge in [0.15, 0.2) is 0 Å². The van der Waals surface area contributed by atoms with Crippen molar-refractivity contribution in [2.45, 2.75) is 6.42 Å². The highest BCUT2D eigenvalue weighted by molar-refractivity contribution is 9.10. The van der Waals surface area contributed by atoms with Crippen LogP contribution in [0.3, 0.4) is 0 Å². The van der Waals surface area contributed by atoms with Gasteiger partial charge in [0.1, 0.15) is 11.3 Å². The van der Waals surface area contributed by atoms with Gasteiger partial charge in [0, 0.05) is 16.3 Å². The third-order valence-corrected chi connectivity index (χ3v) is 3.30. The molecule has 0 radical (unpaired) electrons. The molecule has 2 aromatic carbocycles. The van der Waals surface area contributed by atoms with E-state index in [1.165, 1.54) is 10.9 Å². The molecule has 1 aromatic heterocycles. The summed E-state index contributed by atoms with van der Waals surface area (Å²) in [4.78, 5) is 0. The van der Waals surface area contributed by atoms with Crippen molar-refractivity contribution >= 4 is 26.9 Å². The summed E-state index contributed by atoms with van der Waals surface area (Å²) in [6.07, 6.45) is 0.835. The summed E-state index contributed by atoms with van der Waals surface area (Å²) in [5.74, 6) is 1.01. The second-order valence-corrected chi connectivity index (χ2v) is 4.97. The molecule has 0 saturated carbocycles. The highest BCUT2D eigenvalue weighted by Gasteiger charge is 2.03. The molecule has 0 atom stereocenters. The first-order chi connectivity index (χ1) is 8.31. The molecule has 17 heavy (non-hydrogen) atoms. The third-order valence-electron chi connectivity index (χ3n) is 2.77. The largest absolute Gasteiger partial charge is 0.461 e. The van der Waals surface area contributed by atoms with Crippen LogP contribution in [0.4, 0.5) is 0 Å². The lowest BCUT2D eigenvalue weighted by atomic mass is 10.1. The van der Waals surface area contributed by atoms with Crippen molar-refractivity contribution in [3.8, 4) is 0 Å². The maximum Gasteiger partial charge on any atom is 0.134 e. The Morgan fingerprint density at radius 3 is 2.47 bits per heavy atom. The van der Waals surface area contributed by atoms with E-state index in [1.54, 1.807) is 0 Å². The Labute approximate surface area is 108 Å². The molecule has 0 amide bonds. The standard InChI is InChI=1S/C15H11BrO/c16-13-7-5-11(6-8-13)9-14-10-12-3-1-2-4-15(12)17-14/h1-8,10H,9H2. The fourth-order valence-electron chi connectivity index (χ4n) is 1.93. The molecule has 2 heteroatoms. The lowest BCUT2D eigenvalue weighted by Crippen LogP contribution is -1.84. The number of halogens is 1. The molecule has 0 saturated heterocycles. The van der Waals surface area contributed by atoms with Crippen LogP contribution in [0.25, 0.3) is 11.0 Å². The van der Waals surface area contributed by atoms with Crippen LogP contribution in [0.2, 0.25) is 0 Å². The minimum atomic E-state index is 0.835. The fraction of sp³-hybridized carbons (Fsp3) is 0.0667. The molecular weight excluding hydrogens is 276 g/mol. The molecule has 84 valence electrons. The molecule has 3 rings (SSSR count). The van der Waals surface area contributed by atoms with Crippen LogP contribution in [0.5, 0.6) is 0 Å². The minimum Gasteiger partial charge on any atom is -0.461 e. The summed E-state index contributed by atoms with van der Waals surface area (Å²) in [5, 5.41) is 1.17. The zero-order valence-electron chi connectivity index (χ0n) is 9.19. The monoisotopic (exact) mass is 286 g/mol. The molecule has 0 aliphatic rings. The molecule has 0 unspecified atom stereocenters. The summed E-state index contributed by atoms with van der Waals surface area (Å²) in [7, 11) is 0. The van der Waals surface area contributed by atoms with E-state index in [2.05, 4.69) is 52.3 Å². The predicted molar refractivity (Wildman–Crippen MR) is 73.2 cm³/mol. The van der Waals surface area contributed by atoms with Crippen LogP contribution in [-0.2, 0) is 6.42 Å². The van der Waals surface area contributed by atoms with Crippen LogP contribution in [0, 0.1) is 0 Å². The molecule has 0 fully saturated rings. The van der Waals surface area contributed by atoms with Crippen LogP contribution in [0.1, 0.15) is 11.3 Å². The number of hydrogen-bond donors (Lipinski definition) is 0. The van der Waals surface area contributed by atoms with Crippen molar-refractivity contribution < 1.29 is 4.42 Å². The Balaban J connectivity index is 1.92. The Morgan fingerprint density at radius 1 is 0.941 bits per heavy atom. The van der Waals surface area contributed by atoms with Gasteiger partial charge in [-0.25, -0.2) is 0 Å². The van der Waals surface area contributed by atoms with Gasteiger partial charge >= 0.3 is 0 Å². The summed E-state index contributed by atoms with van der Waals surface area (Å²) in [5.41, 5.74) is 2.21. The van der Waals surface area contributed by atoms with Crippen molar-refractivity contribution in [1.82, 2.24) is 0 Å². The van der Waals surface area contributed by atoms with Crippen molar-refractivity contribution in [3.63, 3.8) is 0 Å². The summed E-state index contributed by atoms with van der Waals surface area (Å²) >= 11 is 3.44. The van der Waals surface area contributed by atoms with Gasteiger partial charge in [-0.15, -0.1) is 0 Å². The van der Waals surface area contributed by atoms with Crippen LogP contribution in [-0.4, -0.2) is 0 Å². The molecule has 1 nitrogen and oxygen atoms in total. The molecule has 1 heterocycles. The van der Waals surface area contributed by atoms with Crippen molar-refractivity contribution in [2.24, 2.45) is 0 Å². The first-order valence-corrected chi connectivity index (χ1v) is 6.32. The normalized spacial score (nSPS) is 10.9. The molecule has 0 bridgehead atoms. The predicted octanol–water partition coefficient (Wildman–Crippen LogP) is 4.79. The Bertz CT molecular complexity index is 604. The van der Waals surface area contributed by atoms with Gasteiger partial charge in [0.05, 0.1) is 0 Å². The van der Waals surface area contributed by atoms with E-state index in [-0.39, 0.29) is 0 Å². The highest BCUT2D eigenvalue weighted by Crippen LogP contribution is 2.21. The lowest BCUT2D eigenvalue weighted by Gasteiger charge is -1.97. The summed E-state index contributed by atoms with van der Waals surface area (Å²) in [6, 6.07) is 18.5. The number of para-hydroxylation sites is 1. The molecule has 0 aliphatic heterocycles. The Morgan fingerprint density at radius 2 is 1.71 bits per heavy atom. The summed E-state index contributed by atoms with van der Waals surface area (Å²) in [6.45, 7) is 0. The van der Waals surface area contributed by atoms with Gasteiger partial charge < -0.3 is 4.42 Å². The van der Waals surface area contributed by atoms with Gasteiger partial charge in [-0.2, -0.15) is 0 Å². The van der Waals surface area contributed by atoms with E-state index in [4.69, 9.17) is 4.42 Å². The molecule has 0 aliphatic carbocycles. The second-order valence-electron chi connectivity index (χ2n) is 4.05. The number of fused-ring (bicyclic) bond motifs is 1. The highest BCUT2D eigenvalue weighted by atomic mass is 79.9. The van der Waals surface area contributed by atoms with Gasteiger partial charge in [0.25, 0.3) is 0 Å². The maximum atomic E-state index is 5.79. The molecule has 0 spiro atoms. The maximum absolute atomic E-state index is 5.79. The number of furan rings is 1. The third kappa shape index (κ3) is 2.27. The smallest absolute Gasteiger partial charge is 0.134 e. The topological polar surface area (TPSA) is 13.1 Å². The van der Waals surface area contributed by atoms with Crippen LogP contribution in [0.15, 0.2) is 63.5 Å². The first kappa shape index (κ1) is 10.6. The number of hydrogen-bond acceptors (Lipinski definition) is 1. The Hall–Kier alpha value is -1.54. The quantitative estimate of drug-likeness (QED) is 0.660. The zero-order valence-corrected chi connectivity index (χ0v) is 10.8. The van der Waals surface area contributed by atoms with Gasteiger partial charge in [0.2, 0.25) is 0 Å². The van der Waals surface area contributed by atoms with E-state index < -0.39 is 0 Å². The van der Waals surface area contributed by atoms with Gasteiger partial charge in [-0.05, 0) is 29.8 Å². The van der Waals surface area contributed by atoms with Crippen molar-refractivity contribution in [1.29, 1.82) is 0 Å². The van der Waals surface area contributed by atoms with Gasteiger partial charge in [-0.1, -0.05) is 46.3 Å².